The van der Waals surface area contributed by atoms with E-state index in [1.165, 1.54) is 0 Å². The number of carboxylic acids is 1. The minimum atomic E-state index is -0.840. The second-order valence-electron chi connectivity index (χ2n) is 3.32. The van der Waals surface area contributed by atoms with Crippen LogP contribution in [0.4, 0.5) is 5.69 Å². The van der Waals surface area contributed by atoms with Gasteiger partial charge in [-0.3, -0.25) is 0 Å². The van der Waals surface area contributed by atoms with Crippen LogP contribution in [0.2, 0.25) is 0 Å². The number of hydrogen-bond donors (Lipinski definition) is 1. The fraction of sp³-hybridized carbons (Fsp3) is 0.364. The first-order valence-electron chi connectivity index (χ1n) is 4.66. The molecule has 0 aliphatic heterocycles. The predicted molar refractivity (Wildman–Crippen MR) is 58.5 cm³/mol. The number of nitrogens with zero attached hydrogens (tertiary/aromatic N) is 1. The molecule has 0 unspecified atom stereocenters. The molecule has 4 heteroatoms. The lowest BCUT2D eigenvalue weighted by Crippen LogP contribution is -2.35. The van der Waals surface area contributed by atoms with Crippen LogP contribution >= 0.6 is 0 Å². The Morgan fingerprint density at radius 2 is 1.93 bits per heavy atom. The van der Waals surface area contributed by atoms with Gasteiger partial charge in [-0.1, -0.05) is 0 Å². The monoisotopic (exact) mass is 209 g/mol. The van der Waals surface area contributed by atoms with Gasteiger partial charge in [0.25, 0.3) is 0 Å². The van der Waals surface area contributed by atoms with Crippen LogP contribution < -0.4 is 9.64 Å². The van der Waals surface area contributed by atoms with Gasteiger partial charge >= 0.3 is 5.97 Å². The normalized spacial score (nSPS) is 11.9. The summed E-state index contributed by atoms with van der Waals surface area (Å²) in [5, 5.41) is 8.85. The number of ether oxygens (including phenoxy) is 1. The molecular formula is C11H15NO3. The van der Waals surface area contributed by atoms with Crippen molar-refractivity contribution in [2.75, 3.05) is 19.1 Å². The number of carbonyl (C=O) groups is 1. The molecule has 4 nitrogen and oxygen atoms in total. The number of carboxylic acid groups (broad SMARTS) is 1. The number of likely N-dealkylation sites (N-methyl/N-ethyl adjacent to an activating group) is 1. The smallest absolute Gasteiger partial charge is 0.326 e. The van der Waals surface area contributed by atoms with Crippen molar-refractivity contribution < 1.29 is 14.6 Å². The summed E-state index contributed by atoms with van der Waals surface area (Å²) in [4.78, 5) is 12.5. The number of aliphatic carboxylic acids is 1. The van der Waals surface area contributed by atoms with Crippen molar-refractivity contribution in [1.29, 1.82) is 0 Å². The summed E-state index contributed by atoms with van der Waals surface area (Å²) in [5.41, 5.74) is 0.853. The van der Waals surface area contributed by atoms with E-state index in [1.807, 2.05) is 12.1 Å². The van der Waals surface area contributed by atoms with E-state index < -0.39 is 12.0 Å². The van der Waals surface area contributed by atoms with E-state index in [-0.39, 0.29) is 0 Å². The molecule has 82 valence electrons. The average Bonchev–Trinajstić information content (AvgIpc) is 2.27. The molecule has 1 aromatic carbocycles. The predicted octanol–water partition coefficient (Wildman–Crippen LogP) is 1.60. The molecule has 0 saturated heterocycles. The van der Waals surface area contributed by atoms with Gasteiger partial charge in [-0.15, -0.1) is 0 Å². The maximum Gasteiger partial charge on any atom is 0.326 e. The molecule has 0 aliphatic carbocycles. The lowest BCUT2D eigenvalue weighted by atomic mass is 10.2. The van der Waals surface area contributed by atoms with Gasteiger partial charge in [0.1, 0.15) is 11.8 Å². The van der Waals surface area contributed by atoms with E-state index in [4.69, 9.17) is 9.84 Å². The van der Waals surface area contributed by atoms with Crippen molar-refractivity contribution in [1.82, 2.24) is 0 Å². The quantitative estimate of drug-likeness (QED) is 0.818. The second-order valence-corrected chi connectivity index (χ2v) is 3.32. The standard InChI is InChI=1S/C11H15NO3/c1-8(11(13)14)12(2)9-4-6-10(15-3)7-5-9/h4-8H,1-3H3,(H,13,14)/t8-/m1/s1. The SMILES string of the molecule is COc1ccc(N(C)[C@H](C)C(=O)O)cc1. The van der Waals surface area contributed by atoms with Crippen LogP contribution in [0.1, 0.15) is 6.92 Å². The zero-order chi connectivity index (χ0) is 11.4. The molecule has 0 radical (unpaired) electrons. The van der Waals surface area contributed by atoms with Crippen molar-refractivity contribution in [3.05, 3.63) is 24.3 Å². The number of methoxy groups -OCH3 is 1. The van der Waals surface area contributed by atoms with Crippen molar-refractivity contribution >= 4 is 11.7 Å². The van der Waals surface area contributed by atoms with Gasteiger partial charge in [0.15, 0.2) is 0 Å². The number of anilines is 1. The Balaban J connectivity index is 2.82. The van der Waals surface area contributed by atoms with E-state index in [2.05, 4.69) is 0 Å². The molecule has 1 N–H and O–H groups in total. The molecule has 1 rings (SSSR count). The molecule has 15 heavy (non-hydrogen) atoms. The van der Waals surface area contributed by atoms with E-state index in [9.17, 15) is 4.79 Å². The summed E-state index contributed by atoms with van der Waals surface area (Å²) in [6, 6.07) is 6.73. The molecule has 0 heterocycles. The van der Waals surface area contributed by atoms with Crippen molar-refractivity contribution in [2.24, 2.45) is 0 Å². The molecule has 0 spiro atoms. The summed E-state index contributed by atoms with van der Waals surface area (Å²) >= 11 is 0. The average molecular weight is 209 g/mol. The van der Waals surface area contributed by atoms with E-state index in [0.717, 1.165) is 11.4 Å². The van der Waals surface area contributed by atoms with Crippen molar-refractivity contribution in [3.63, 3.8) is 0 Å². The van der Waals surface area contributed by atoms with E-state index >= 15 is 0 Å². The largest absolute Gasteiger partial charge is 0.497 e. The maximum atomic E-state index is 10.8. The zero-order valence-electron chi connectivity index (χ0n) is 9.10. The first-order chi connectivity index (χ1) is 7.06. The lowest BCUT2D eigenvalue weighted by molar-refractivity contribution is -0.138. The van der Waals surface area contributed by atoms with Crippen molar-refractivity contribution in [3.8, 4) is 5.75 Å². The molecule has 0 saturated carbocycles. The second kappa shape index (κ2) is 4.68. The van der Waals surface area contributed by atoms with Gasteiger partial charge in [-0.2, -0.15) is 0 Å². The Bertz CT molecular complexity index is 334. The van der Waals surface area contributed by atoms with E-state index in [1.54, 1.807) is 38.1 Å². The van der Waals surface area contributed by atoms with Crippen LogP contribution in [0.5, 0.6) is 5.75 Å². The number of hydrogen-bond acceptors (Lipinski definition) is 3. The summed E-state index contributed by atoms with van der Waals surface area (Å²) in [7, 11) is 3.35. The van der Waals surface area contributed by atoms with Crippen LogP contribution in [0.3, 0.4) is 0 Å². The Hall–Kier alpha value is -1.71. The summed E-state index contributed by atoms with van der Waals surface area (Å²) < 4.78 is 5.02. The highest BCUT2D eigenvalue weighted by Crippen LogP contribution is 2.19. The van der Waals surface area contributed by atoms with Crippen LogP contribution in [0, 0.1) is 0 Å². The highest BCUT2D eigenvalue weighted by Gasteiger charge is 2.16. The molecular weight excluding hydrogens is 194 g/mol. The molecule has 0 aromatic heterocycles. The van der Waals surface area contributed by atoms with Gasteiger partial charge in [0.05, 0.1) is 7.11 Å². The van der Waals surface area contributed by atoms with Gasteiger partial charge < -0.3 is 14.7 Å². The molecule has 0 amide bonds. The Kier molecular flexibility index (Phi) is 3.55. The highest BCUT2D eigenvalue weighted by molar-refractivity contribution is 5.77. The molecule has 0 fully saturated rings. The first-order valence-corrected chi connectivity index (χ1v) is 4.66. The molecule has 1 aromatic rings. The molecule has 1 atom stereocenters. The van der Waals surface area contributed by atoms with Crippen molar-refractivity contribution in [2.45, 2.75) is 13.0 Å². The van der Waals surface area contributed by atoms with Crippen LogP contribution in [0.25, 0.3) is 0 Å². The van der Waals surface area contributed by atoms with Gasteiger partial charge in [-0.05, 0) is 31.2 Å². The third-order valence-corrected chi connectivity index (χ3v) is 2.42. The maximum absolute atomic E-state index is 10.8. The Labute approximate surface area is 89.1 Å². The topological polar surface area (TPSA) is 49.8 Å². The fourth-order valence-corrected chi connectivity index (χ4v) is 1.21. The van der Waals surface area contributed by atoms with Crippen LogP contribution in [0.15, 0.2) is 24.3 Å². The fourth-order valence-electron chi connectivity index (χ4n) is 1.21. The number of rotatable bonds is 4. The van der Waals surface area contributed by atoms with Crippen LogP contribution in [-0.4, -0.2) is 31.3 Å². The van der Waals surface area contributed by atoms with Gasteiger partial charge in [0.2, 0.25) is 0 Å². The summed E-state index contributed by atoms with van der Waals surface area (Å²) in [6.07, 6.45) is 0. The lowest BCUT2D eigenvalue weighted by Gasteiger charge is -2.23. The molecule has 0 aliphatic rings. The Morgan fingerprint density at radius 1 is 1.40 bits per heavy atom. The van der Waals surface area contributed by atoms with E-state index in [0.29, 0.717) is 0 Å². The van der Waals surface area contributed by atoms with Crippen LogP contribution in [-0.2, 0) is 4.79 Å². The molecule has 0 bridgehead atoms. The summed E-state index contributed by atoms with van der Waals surface area (Å²) in [6.45, 7) is 1.65. The Morgan fingerprint density at radius 3 is 2.33 bits per heavy atom. The highest BCUT2D eigenvalue weighted by atomic mass is 16.5. The first kappa shape index (κ1) is 11.4. The third kappa shape index (κ3) is 2.62. The summed E-state index contributed by atoms with van der Waals surface area (Å²) in [5.74, 6) is -0.0801. The van der Waals surface area contributed by atoms with Gasteiger partial charge in [0, 0.05) is 12.7 Å². The zero-order valence-corrected chi connectivity index (χ0v) is 9.10. The third-order valence-electron chi connectivity index (χ3n) is 2.42. The minimum Gasteiger partial charge on any atom is -0.497 e. The minimum absolute atomic E-state index is 0.543. The van der Waals surface area contributed by atoms with Gasteiger partial charge in [-0.25, -0.2) is 4.79 Å². The number of benzene rings is 1.